The number of rotatable bonds is 10. The van der Waals surface area contributed by atoms with Crippen molar-refractivity contribution in [2.24, 2.45) is 0 Å². The van der Waals surface area contributed by atoms with Gasteiger partial charge >= 0.3 is 0 Å². The van der Waals surface area contributed by atoms with Crippen LogP contribution in [0, 0.1) is 0 Å². The molecule has 0 amide bonds. The van der Waals surface area contributed by atoms with Crippen molar-refractivity contribution >= 4 is 11.6 Å². The Kier molecular flexibility index (Phi) is 8.00. The van der Waals surface area contributed by atoms with Crippen molar-refractivity contribution in [1.29, 1.82) is 0 Å². The molecule has 0 aliphatic heterocycles. The number of likely N-dealkylation sites (N-methyl/N-ethyl adjacent to an activating group) is 1. The van der Waals surface area contributed by atoms with Crippen LogP contribution >= 0.6 is 0 Å². The monoisotopic (exact) mass is 295 g/mol. The van der Waals surface area contributed by atoms with E-state index in [1.807, 2.05) is 13.0 Å². The SMILES string of the molecule is CCCNc1cc(NCC(C)N(C)C)nc(COCC)n1. The average molecular weight is 295 g/mol. The molecule has 0 aromatic carbocycles. The third-order valence-corrected chi connectivity index (χ3v) is 3.22. The largest absolute Gasteiger partial charge is 0.374 e. The standard InChI is InChI=1S/C15H29N5O/c1-6-8-16-13-9-14(17-10-12(3)20(4)5)19-15(18-13)11-21-7-2/h9,12H,6-8,10-11H2,1-5H3,(H2,16,17,18,19). The minimum Gasteiger partial charge on any atom is -0.374 e. The lowest BCUT2D eigenvalue weighted by Crippen LogP contribution is -2.31. The van der Waals surface area contributed by atoms with Gasteiger partial charge in [-0.1, -0.05) is 6.92 Å². The van der Waals surface area contributed by atoms with Gasteiger partial charge in [-0.05, 0) is 34.4 Å². The van der Waals surface area contributed by atoms with E-state index in [-0.39, 0.29) is 0 Å². The molecule has 120 valence electrons. The minimum atomic E-state index is 0.433. The first kappa shape index (κ1) is 17.7. The third kappa shape index (κ3) is 6.73. The van der Waals surface area contributed by atoms with E-state index in [4.69, 9.17) is 4.74 Å². The van der Waals surface area contributed by atoms with Crippen LogP contribution in [0.5, 0.6) is 0 Å². The minimum absolute atomic E-state index is 0.433. The molecule has 1 atom stereocenters. The van der Waals surface area contributed by atoms with E-state index in [1.54, 1.807) is 0 Å². The van der Waals surface area contributed by atoms with E-state index in [0.717, 1.165) is 31.1 Å². The summed E-state index contributed by atoms with van der Waals surface area (Å²) in [6.45, 7) is 9.12. The van der Waals surface area contributed by atoms with Gasteiger partial charge in [0.05, 0.1) is 0 Å². The van der Waals surface area contributed by atoms with E-state index in [2.05, 4.69) is 53.4 Å². The Labute approximate surface area is 128 Å². The lowest BCUT2D eigenvalue weighted by atomic mass is 10.3. The second-order valence-corrected chi connectivity index (χ2v) is 5.31. The Balaban J connectivity index is 2.74. The summed E-state index contributed by atoms with van der Waals surface area (Å²) in [5.74, 6) is 2.39. The van der Waals surface area contributed by atoms with E-state index in [9.17, 15) is 0 Å². The van der Waals surface area contributed by atoms with Crippen LogP contribution in [0.2, 0.25) is 0 Å². The number of anilines is 2. The molecule has 6 nitrogen and oxygen atoms in total. The zero-order valence-electron chi connectivity index (χ0n) is 13.9. The summed E-state index contributed by atoms with van der Waals surface area (Å²) in [7, 11) is 4.14. The molecule has 0 aliphatic carbocycles. The van der Waals surface area contributed by atoms with Gasteiger partial charge in [-0.3, -0.25) is 0 Å². The van der Waals surface area contributed by atoms with Crippen molar-refractivity contribution in [3.63, 3.8) is 0 Å². The van der Waals surface area contributed by atoms with Crippen molar-refractivity contribution in [3.05, 3.63) is 11.9 Å². The van der Waals surface area contributed by atoms with Crippen LogP contribution in [-0.4, -0.2) is 54.7 Å². The van der Waals surface area contributed by atoms with E-state index in [1.165, 1.54) is 0 Å². The van der Waals surface area contributed by atoms with Gasteiger partial charge in [0.25, 0.3) is 0 Å². The summed E-state index contributed by atoms with van der Waals surface area (Å²) in [5, 5.41) is 6.68. The Hall–Kier alpha value is -1.40. The molecular weight excluding hydrogens is 266 g/mol. The molecule has 0 spiro atoms. The maximum atomic E-state index is 5.41. The average Bonchev–Trinajstić information content (AvgIpc) is 2.48. The van der Waals surface area contributed by atoms with Crippen molar-refractivity contribution in [2.75, 3.05) is 44.4 Å². The fraction of sp³-hybridized carbons (Fsp3) is 0.733. The predicted molar refractivity (Wildman–Crippen MR) is 87.8 cm³/mol. The van der Waals surface area contributed by atoms with Crippen LogP contribution in [-0.2, 0) is 11.3 Å². The van der Waals surface area contributed by atoms with Gasteiger partial charge in [0.15, 0.2) is 5.82 Å². The zero-order chi connectivity index (χ0) is 15.7. The topological polar surface area (TPSA) is 62.3 Å². The number of hydrogen-bond acceptors (Lipinski definition) is 6. The van der Waals surface area contributed by atoms with Gasteiger partial charge in [-0.2, -0.15) is 0 Å². The predicted octanol–water partition coefficient (Wildman–Crippen LogP) is 2.20. The molecule has 1 rings (SSSR count). The molecule has 21 heavy (non-hydrogen) atoms. The van der Waals surface area contributed by atoms with Crippen LogP contribution in [0.4, 0.5) is 11.6 Å². The molecular formula is C15H29N5O. The summed E-state index contributed by atoms with van der Waals surface area (Å²) in [5.41, 5.74) is 0. The van der Waals surface area contributed by atoms with Gasteiger partial charge < -0.3 is 20.3 Å². The van der Waals surface area contributed by atoms with Crippen molar-refractivity contribution < 1.29 is 4.74 Å². The van der Waals surface area contributed by atoms with Gasteiger partial charge in [0.2, 0.25) is 0 Å². The number of hydrogen-bond donors (Lipinski definition) is 2. The van der Waals surface area contributed by atoms with Crippen LogP contribution in [0.3, 0.4) is 0 Å². The van der Waals surface area contributed by atoms with Gasteiger partial charge in [-0.15, -0.1) is 0 Å². The van der Waals surface area contributed by atoms with E-state index >= 15 is 0 Å². The Morgan fingerprint density at radius 3 is 2.43 bits per heavy atom. The quantitative estimate of drug-likeness (QED) is 0.690. The van der Waals surface area contributed by atoms with Gasteiger partial charge in [0.1, 0.15) is 18.2 Å². The number of nitrogens with one attached hydrogen (secondary N) is 2. The summed E-state index contributed by atoms with van der Waals surface area (Å²) >= 11 is 0. The van der Waals surface area contributed by atoms with Gasteiger partial charge in [-0.25, -0.2) is 9.97 Å². The summed E-state index contributed by atoms with van der Waals surface area (Å²) in [6, 6.07) is 2.38. The third-order valence-electron chi connectivity index (χ3n) is 3.22. The smallest absolute Gasteiger partial charge is 0.158 e. The second-order valence-electron chi connectivity index (χ2n) is 5.31. The molecule has 0 saturated heterocycles. The Bertz CT molecular complexity index is 385. The highest BCUT2D eigenvalue weighted by Crippen LogP contribution is 2.12. The molecule has 1 unspecified atom stereocenters. The van der Waals surface area contributed by atoms with Crippen molar-refractivity contribution in [3.8, 4) is 0 Å². The molecule has 2 N–H and O–H groups in total. The number of ether oxygens (including phenoxy) is 1. The number of nitrogens with zero attached hydrogens (tertiary/aromatic N) is 3. The molecule has 6 heteroatoms. The van der Waals surface area contributed by atoms with Crippen LogP contribution < -0.4 is 10.6 Å². The lowest BCUT2D eigenvalue weighted by molar-refractivity contribution is 0.128. The zero-order valence-corrected chi connectivity index (χ0v) is 13.9. The first-order valence-electron chi connectivity index (χ1n) is 7.66. The van der Waals surface area contributed by atoms with Crippen LogP contribution in [0.1, 0.15) is 33.0 Å². The first-order valence-corrected chi connectivity index (χ1v) is 7.66. The number of aromatic nitrogens is 2. The Morgan fingerprint density at radius 1 is 1.19 bits per heavy atom. The maximum Gasteiger partial charge on any atom is 0.158 e. The molecule has 0 aliphatic rings. The molecule has 1 aromatic heterocycles. The highest BCUT2D eigenvalue weighted by atomic mass is 16.5. The molecule has 1 aromatic rings. The summed E-state index contributed by atoms with van der Waals surface area (Å²) in [4.78, 5) is 11.1. The van der Waals surface area contributed by atoms with Crippen molar-refractivity contribution in [1.82, 2.24) is 14.9 Å². The maximum absolute atomic E-state index is 5.41. The highest BCUT2D eigenvalue weighted by Gasteiger charge is 2.08. The van der Waals surface area contributed by atoms with Gasteiger partial charge in [0, 0.05) is 31.8 Å². The molecule has 0 bridgehead atoms. The summed E-state index contributed by atoms with van der Waals surface area (Å²) < 4.78 is 5.41. The van der Waals surface area contributed by atoms with E-state index < -0.39 is 0 Å². The van der Waals surface area contributed by atoms with Crippen molar-refractivity contribution in [2.45, 2.75) is 39.8 Å². The molecule has 0 radical (unpaired) electrons. The summed E-state index contributed by atoms with van der Waals surface area (Å²) in [6.07, 6.45) is 1.06. The fourth-order valence-electron chi connectivity index (χ4n) is 1.62. The molecule has 0 fully saturated rings. The van der Waals surface area contributed by atoms with E-state index in [0.29, 0.717) is 25.1 Å². The second kappa shape index (κ2) is 9.52. The highest BCUT2D eigenvalue weighted by molar-refractivity contribution is 5.47. The normalized spacial score (nSPS) is 12.5. The van der Waals surface area contributed by atoms with Crippen LogP contribution in [0.15, 0.2) is 6.07 Å². The molecule has 0 saturated carbocycles. The van der Waals surface area contributed by atoms with Crippen LogP contribution in [0.25, 0.3) is 0 Å². The molecule has 1 heterocycles. The fourth-order valence-corrected chi connectivity index (χ4v) is 1.62. The first-order chi connectivity index (χ1) is 10.1. The Morgan fingerprint density at radius 2 is 1.86 bits per heavy atom. The lowest BCUT2D eigenvalue weighted by Gasteiger charge is -2.20.